The first-order chi connectivity index (χ1) is 12.6. The summed E-state index contributed by atoms with van der Waals surface area (Å²) in [5.41, 5.74) is 4.12. The van der Waals surface area contributed by atoms with Crippen molar-refractivity contribution in [2.75, 3.05) is 14.2 Å². The zero-order valence-electron chi connectivity index (χ0n) is 15.5. The lowest BCUT2D eigenvalue weighted by molar-refractivity contribution is -0.0101. The Hall–Kier alpha value is -1.82. The van der Waals surface area contributed by atoms with Crippen molar-refractivity contribution < 1.29 is 9.47 Å². The van der Waals surface area contributed by atoms with Gasteiger partial charge in [0, 0.05) is 5.54 Å². The van der Waals surface area contributed by atoms with Crippen molar-refractivity contribution in [2.24, 2.45) is 22.9 Å². The Bertz CT molecular complexity index is 684. The van der Waals surface area contributed by atoms with Crippen LogP contribution in [-0.2, 0) is 0 Å². The van der Waals surface area contributed by atoms with E-state index in [1.165, 1.54) is 38.5 Å². The molecule has 5 nitrogen and oxygen atoms in total. The summed E-state index contributed by atoms with van der Waals surface area (Å²) in [7, 11) is 3.25. The molecule has 140 valence electrons. The average Bonchev–Trinajstić information content (AvgIpc) is 2.59. The quantitative estimate of drug-likeness (QED) is 0.470. The molecule has 4 fully saturated rings. The summed E-state index contributed by atoms with van der Waals surface area (Å²) in [6.07, 6.45) is 9.83. The fourth-order valence-electron chi connectivity index (χ4n) is 5.63. The number of rotatable bonds is 5. The van der Waals surface area contributed by atoms with E-state index < -0.39 is 0 Å². The lowest BCUT2D eigenvalue weighted by atomic mass is 9.53. The van der Waals surface area contributed by atoms with Crippen LogP contribution >= 0.6 is 12.2 Å². The van der Waals surface area contributed by atoms with Gasteiger partial charge in [-0.15, -0.1) is 0 Å². The lowest BCUT2D eigenvalue weighted by Crippen LogP contribution is -2.61. The van der Waals surface area contributed by atoms with Gasteiger partial charge in [-0.05, 0) is 92.3 Å². The first-order valence-electron chi connectivity index (χ1n) is 9.42. The average molecular weight is 374 g/mol. The van der Waals surface area contributed by atoms with Crippen LogP contribution < -0.4 is 20.2 Å². The van der Waals surface area contributed by atoms with E-state index in [4.69, 9.17) is 21.7 Å². The Morgan fingerprint density at radius 2 is 1.69 bits per heavy atom. The molecule has 4 bridgehead atoms. The molecule has 26 heavy (non-hydrogen) atoms. The maximum absolute atomic E-state index is 5.51. The Labute approximate surface area is 160 Å². The van der Waals surface area contributed by atoms with E-state index in [-0.39, 0.29) is 5.54 Å². The molecule has 0 aromatic heterocycles. The zero-order chi connectivity index (χ0) is 18.1. The van der Waals surface area contributed by atoms with Crippen molar-refractivity contribution in [2.45, 2.75) is 44.1 Å². The maximum atomic E-state index is 5.51. The van der Waals surface area contributed by atoms with Crippen LogP contribution in [-0.4, -0.2) is 31.1 Å². The van der Waals surface area contributed by atoms with Crippen molar-refractivity contribution in [3.63, 3.8) is 0 Å². The summed E-state index contributed by atoms with van der Waals surface area (Å²) in [6, 6.07) is 5.69. The highest BCUT2D eigenvalue weighted by atomic mass is 32.1. The normalized spacial score (nSPS) is 31.8. The Morgan fingerprint density at radius 3 is 2.27 bits per heavy atom. The number of nitrogens with zero attached hydrogens (tertiary/aromatic N) is 1. The number of ether oxygens (including phenoxy) is 2. The SMILES string of the molecule is COc1ccc(/C=N\NC(=S)NC23CC4CC(CC(C4)C2)C3)cc1OC. The van der Waals surface area contributed by atoms with Crippen LogP contribution in [0.1, 0.15) is 44.1 Å². The number of thiocarbonyl (C=S) groups is 1. The molecule has 6 heteroatoms. The largest absolute Gasteiger partial charge is 0.493 e. The molecule has 5 rings (SSSR count). The summed E-state index contributed by atoms with van der Waals surface area (Å²) in [5.74, 6) is 4.08. The summed E-state index contributed by atoms with van der Waals surface area (Å²) < 4.78 is 10.6. The van der Waals surface area contributed by atoms with E-state index in [9.17, 15) is 0 Å². The van der Waals surface area contributed by atoms with Crippen molar-refractivity contribution >= 4 is 23.5 Å². The van der Waals surface area contributed by atoms with Crippen LogP contribution in [0.25, 0.3) is 0 Å². The van der Waals surface area contributed by atoms with Crippen LogP contribution in [0.15, 0.2) is 23.3 Å². The Kier molecular flexibility index (Phi) is 4.78. The minimum absolute atomic E-state index is 0.206. The van der Waals surface area contributed by atoms with E-state index >= 15 is 0 Å². The molecule has 0 heterocycles. The molecular weight excluding hydrogens is 346 g/mol. The summed E-state index contributed by atoms with van der Waals surface area (Å²) in [6.45, 7) is 0. The predicted molar refractivity (Wildman–Crippen MR) is 107 cm³/mol. The number of hydrazone groups is 1. The van der Waals surface area contributed by atoms with E-state index in [1.807, 2.05) is 18.2 Å². The number of nitrogens with one attached hydrogen (secondary N) is 2. The molecule has 0 amide bonds. The molecule has 0 radical (unpaired) electrons. The lowest BCUT2D eigenvalue weighted by Gasteiger charge is -2.57. The molecule has 0 saturated heterocycles. The predicted octanol–water partition coefficient (Wildman–Crippen LogP) is 3.47. The zero-order valence-corrected chi connectivity index (χ0v) is 16.3. The van der Waals surface area contributed by atoms with Crippen LogP contribution in [0.4, 0.5) is 0 Å². The summed E-state index contributed by atoms with van der Waals surface area (Å²) in [5, 5.41) is 8.54. The highest BCUT2D eigenvalue weighted by Gasteiger charge is 2.51. The second-order valence-electron chi connectivity index (χ2n) is 8.14. The van der Waals surface area contributed by atoms with Gasteiger partial charge in [0.2, 0.25) is 0 Å². The molecule has 2 N–H and O–H groups in total. The van der Waals surface area contributed by atoms with Crippen molar-refractivity contribution in [3.05, 3.63) is 23.8 Å². The van der Waals surface area contributed by atoms with E-state index in [1.54, 1.807) is 20.4 Å². The van der Waals surface area contributed by atoms with Crippen LogP contribution in [0.3, 0.4) is 0 Å². The molecule has 4 aliphatic rings. The van der Waals surface area contributed by atoms with Crippen LogP contribution in [0.5, 0.6) is 11.5 Å². The molecule has 0 aliphatic heterocycles. The van der Waals surface area contributed by atoms with Gasteiger partial charge in [-0.1, -0.05) is 0 Å². The molecule has 4 saturated carbocycles. The van der Waals surface area contributed by atoms with Gasteiger partial charge in [0.25, 0.3) is 0 Å². The van der Waals surface area contributed by atoms with Gasteiger partial charge in [-0.25, -0.2) is 0 Å². The molecule has 0 unspecified atom stereocenters. The third-order valence-corrected chi connectivity index (χ3v) is 6.40. The third-order valence-electron chi connectivity index (χ3n) is 6.20. The summed E-state index contributed by atoms with van der Waals surface area (Å²) >= 11 is 5.51. The second kappa shape index (κ2) is 7.06. The highest BCUT2D eigenvalue weighted by Crippen LogP contribution is 2.55. The molecule has 1 aromatic carbocycles. The third kappa shape index (κ3) is 3.52. The van der Waals surface area contributed by atoms with E-state index in [0.29, 0.717) is 16.6 Å². The summed E-state index contributed by atoms with van der Waals surface area (Å²) in [4.78, 5) is 0. The number of hydrogen-bond acceptors (Lipinski definition) is 4. The monoisotopic (exact) mass is 373 g/mol. The first-order valence-corrected chi connectivity index (χ1v) is 9.83. The number of methoxy groups -OCH3 is 2. The Balaban J connectivity index is 1.35. The van der Waals surface area contributed by atoms with Gasteiger partial charge in [0.15, 0.2) is 16.6 Å². The first kappa shape index (κ1) is 17.6. The van der Waals surface area contributed by atoms with Gasteiger partial charge in [-0.3, -0.25) is 5.43 Å². The minimum Gasteiger partial charge on any atom is -0.493 e. The second-order valence-corrected chi connectivity index (χ2v) is 8.54. The van der Waals surface area contributed by atoms with Gasteiger partial charge >= 0.3 is 0 Å². The van der Waals surface area contributed by atoms with E-state index in [2.05, 4.69) is 15.8 Å². The van der Waals surface area contributed by atoms with Crippen molar-refractivity contribution in [1.29, 1.82) is 0 Å². The Morgan fingerprint density at radius 1 is 1.08 bits per heavy atom. The standard InChI is InChI=1S/C20H27N3O2S/c1-24-17-4-3-13(8-18(17)25-2)12-21-23-19(26)22-20-9-14-5-15(10-20)7-16(6-14)11-20/h3-4,8,12,14-16H,5-7,9-11H2,1-2H3,(H2,22,23,26)/b21-12-. The van der Waals surface area contributed by atoms with Crippen LogP contribution in [0.2, 0.25) is 0 Å². The van der Waals surface area contributed by atoms with Gasteiger partial charge in [-0.2, -0.15) is 5.10 Å². The fraction of sp³-hybridized carbons (Fsp3) is 0.600. The van der Waals surface area contributed by atoms with Gasteiger partial charge in [0.1, 0.15) is 0 Å². The van der Waals surface area contributed by atoms with E-state index in [0.717, 1.165) is 23.3 Å². The molecular formula is C20H27N3O2S. The fourth-order valence-corrected chi connectivity index (χ4v) is 5.90. The minimum atomic E-state index is 0.206. The van der Waals surface area contributed by atoms with Gasteiger partial charge in [0.05, 0.1) is 20.4 Å². The number of hydrogen-bond donors (Lipinski definition) is 2. The smallest absolute Gasteiger partial charge is 0.187 e. The molecule has 0 atom stereocenters. The van der Waals surface area contributed by atoms with Gasteiger partial charge < -0.3 is 14.8 Å². The number of benzene rings is 1. The molecule has 0 spiro atoms. The molecule has 4 aliphatic carbocycles. The van der Waals surface area contributed by atoms with Crippen molar-refractivity contribution in [3.8, 4) is 11.5 Å². The molecule has 1 aromatic rings. The highest BCUT2D eigenvalue weighted by molar-refractivity contribution is 7.80. The topological polar surface area (TPSA) is 54.9 Å². The maximum Gasteiger partial charge on any atom is 0.187 e. The van der Waals surface area contributed by atoms with Crippen LogP contribution in [0, 0.1) is 17.8 Å². The van der Waals surface area contributed by atoms with Crippen molar-refractivity contribution in [1.82, 2.24) is 10.7 Å².